The quantitative estimate of drug-likeness (QED) is 0.416. The lowest BCUT2D eigenvalue weighted by molar-refractivity contribution is -0.115. The van der Waals surface area contributed by atoms with E-state index in [9.17, 15) is 4.79 Å². The first-order chi connectivity index (χ1) is 14.7. The molecule has 3 aromatic carbocycles. The molecule has 6 nitrogen and oxygen atoms in total. The Morgan fingerprint density at radius 3 is 2.43 bits per heavy atom. The molecule has 1 amide bonds. The van der Waals surface area contributed by atoms with E-state index in [1.54, 1.807) is 13.2 Å². The van der Waals surface area contributed by atoms with Crippen molar-refractivity contribution in [3.8, 4) is 17.2 Å². The van der Waals surface area contributed by atoms with Gasteiger partial charge in [0, 0.05) is 17.3 Å². The molecule has 0 aliphatic rings. The summed E-state index contributed by atoms with van der Waals surface area (Å²) in [5, 5.41) is 10.9. The summed E-state index contributed by atoms with van der Waals surface area (Å²) in [6.07, 6.45) is 0. The third kappa shape index (κ3) is 4.69. The van der Waals surface area contributed by atoms with Crippen LogP contribution in [0, 0.1) is 0 Å². The van der Waals surface area contributed by atoms with Crippen LogP contribution >= 0.6 is 11.8 Å². The van der Waals surface area contributed by atoms with Gasteiger partial charge in [-0.05, 0) is 41.6 Å². The highest BCUT2D eigenvalue weighted by atomic mass is 32.2. The fraction of sp³-hybridized carbons (Fsp3) is 0.0870. The second kappa shape index (κ2) is 9.28. The molecule has 1 atom stereocenters. The van der Waals surface area contributed by atoms with Crippen molar-refractivity contribution in [2.24, 2.45) is 0 Å². The number of amides is 1. The van der Waals surface area contributed by atoms with E-state index < -0.39 is 5.25 Å². The molecule has 1 heterocycles. The number of thioether (sulfide) groups is 1. The number of ether oxygens (including phenoxy) is 1. The number of aromatic nitrogens is 2. The maximum atomic E-state index is 13.1. The van der Waals surface area contributed by atoms with Crippen molar-refractivity contribution < 1.29 is 13.9 Å². The van der Waals surface area contributed by atoms with Crippen LogP contribution in [0.25, 0.3) is 11.5 Å². The highest BCUT2D eigenvalue weighted by Gasteiger charge is 2.25. The Balaban J connectivity index is 1.57. The first-order valence-corrected chi connectivity index (χ1v) is 10.2. The summed E-state index contributed by atoms with van der Waals surface area (Å²) < 4.78 is 11.0. The van der Waals surface area contributed by atoms with Crippen molar-refractivity contribution in [1.82, 2.24) is 10.2 Å². The first kappa shape index (κ1) is 19.7. The maximum Gasteiger partial charge on any atom is 0.277 e. The van der Waals surface area contributed by atoms with E-state index in [1.165, 1.54) is 11.8 Å². The van der Waals surface area contributed by atoms with E-state index in [-0.39, 0.29) is 5.91 Å². The smallest absolute Gasteiger partial charge is 0.277 e. The molecule has 1 aromatic heterocycles. The highest BCUT2D eigenvalue weighted by Crippen LogP contribution is 2.36. The van der Waals surface area contributed by atoms with Gasteiger partial charge in [0.1, 0.15) is 11.0 Å². The molecule has 0 radical (unpaired) electrons. The summed E-state index contributed by atoms with van der Waals surface area (Å²) in [5.74, 6) is 0.887. The molecule has 0 spiro atoms. The Morgan fingerprint density at radius 2 is 1.70 bits per heavy atom. The molecule has 0 saturated heterocycles. The molecule has 7 heteroatoms. The van der Waals surface area contributed by atoms with E-state index in [0.29, 0.717) is 22.6 Å². The summed E-state index contributed by atoms with van der Waals surface area (Å²) in [5.41, 5.74) is 2.31. The third-order valence-corrected chi connectivity index (χ3v) is 5.41. The van der Waals surface area contributed by atoms with Crippen molar-refractivity contribution in [3.63, 3.8) is 0 Å². The van der Waals surface area contributed by atoms with Crippen molar-refractivity contribution in [2.45, 2.75) is 10.5 Å². The average molecular weight is 417 g/mol. The summed E-state index contributed by atoms with van der Waals surface area (Å²) >= 11 is 1.21. The predicted octanol–water partition coefficient (Wildman–Crippen LogP) is 5.22. The van der Waals surface area contributed by atoms with Gasteiger partial charge >= 0.3 is 0 Å². The lowest BCUT2D eigenvalue weighted by Gasteiger charge is -2.15. The zero-order valence-corrected chi connectivity index (χ0v) is 17.0. The molecule has 4 rings (SSSR count). The van der Waals surface area contributed by atoms with E-state index >= 15 is 0 Å². The van der Waals surface area contributed by atoms with Crippen molar-refractivity contribution in [1.29, 1.82) is 0 Å². The number of nitrogens with one attached hydrogen (secondary N) is 1. The van der Waals surface area contributed by atoms with Gasteiger partial charge in [-0.2, -0.15) is 0 Å². The fourth-order valence-corrected chi connectivity index (χ4v) is 3.74. The van der Waals surface area contributed by atoms with Crippen LogP contribution in [0.3, 0.4) is 0 Å². The van der Waals surface area contributed by atoms with Gasteiger partial charge in [0.25, 0.3) is 5.22 Å². The molecule has 0 aliphatic carbocycles. The lowest BCUT2D eigenvalue weighted by atomic mass is 10.1. The molecule has 0 bridgehead atoms. The molecular weight excluding hydrogens is 398 g/mol. The van der Waals surface area contributed by atoms with Gasteiger partial charge < -0.3 is 14.5 Å². The van der Waals surface area contributed by atoms with Crippen LogP contribution in [0.2, 0.25) is 0 Å². The van der Waals surface area contributed by atoms with E-state index in [1.807, 2.05) is 78.9 Å². The largest absolute Gasteiger partial charge is 0.497 e. The van der Waals surface area contributed by atoms with Gasteiger partial charge in [-0.3, -0.25) is 4.79 Å². The number of carbonyl (C=O) groups excluding carboxylic acids is 1. The number of methoxy groups -OCH3 is 1. The van der Waals surface area contributed by atoms with Gasteiger partial charge in [0.15, 0.2) is 0 Å². The second-order valence-corrected chi connectivity index (χ2v) is 7.43. The Hall–Kier alpha value is -3.58. The van der Waals surface area contributed by atoms with Crippen LogP contribution in [-0.2, 0) is 4.79 Å². The van der Waals surface area contributed by atoms with Gasteiger partial charge in [0.05, 0.1) is 7.11 Å². The zero-order valence-electron chi connectivity index (χ0n) is 16.2. The van der Waals surface area contributed by atoms with Crippen LogP contribution in [-0.4, -0.2) is 23.2 Å². The van der Waals surface area contributed by atoms with E-state index in [2.05, 4.69) is 15.5 Å². The Bertz CT molecular complexity index is 1120. The average Bonchev–Trinajstić information content (AvgIpc) is 3.27. The van der Waals surface area contributed by atoms with Crippen molar-refractivity contribution in [3.05, 3.63) is 90.5 Å². The van der Waals surface area contributed by atoms with Crippen molar-refractivity contribution >= 4 is 23.4 Å². The minimum atomic E-state index is -0.568. The molecule has 150 valence electrons. The van der Waals surface area contributed by atoms with Gasteiger partial charge in [-0.15, -0.1) is 10.2 Å². The topological polar surface area (TPSA) is 77.2 Å². The molecular formula is C23H19N3O3S. The number of rotatable bonds is 7. The predicted molar refractivity (Wildman–Crippen MR) is 116 cm³/mol. The molecule has 30 heavy (non-hydrogen) atoms. The summed E-state index contributed by atoms with van der Waals surface area (Å²) in [6, 6.07) is 26.2. The van der Waals surface area contributed by atoms with Gasteiger partial charge in [-0.25, -0.2) is 0 Å². The van der Waals surface area contributed by atoms with Gasteiger partial charge in [0.2, 0.25) is 11.8 Å². The lowest BCUT2D eigenvalue weighted by Crippen LogP contribution is -2.19. The Kier molecular flexibility index (Phi) is 6.10. The minimum Gasteiger partial charge on any atom is -0.497 e. The molecule has 0 unspecified atom stereocenters. The van der Waals surface area contributed by atoms with E-state index in [0.717, 1.165) is 11.1 Å². The molecule has 0 aliphatic heterocycles. The molecule has 1 N–H and O–H groups in total. The second-order valence-electron chi connectivity index (χ2n) is 6.37. The van der Waals surface area contributed by atoms with E-state index in [4.69, 9.17) is 9.15 Å². The summed E-state index contributed by atoms with van der Waals surface area (Å²) in [4.78, 5) is 13.1. The Labute approximate surface area is 178 Å². The monoisotopic (exact) mass is 417 g/mol. The number of nitrogens with zero attached hydrogens (tertiary/aromatic N) is 2. The molecule has 4 aromatic rings. The van der Waals surface area contributed by atoms with Crippen molar-refractivity contribution in [2.75, 3.05) is 12.4 Å². The van der Waals surface area contributed by atoms with Gasteiger partial charge in [-0.1, -0.05) is 54.6 Å². The molecule has 0 fully saturated rings. The normalized spacial score (nSPS) is 11.6. The standard InChI is InChI=1S/C23H19N3O3S/c1-28-19-14-8-13-18(15-19)24-21(27)20(16-9-4-2-5-10-16)30-23-26-25-22(29-23)17-11-6-3-7-12-17/h2-15,20H,1H3,(H,24,27)/t20-/m1/s1. The Morgan fingerprint density at radius 1 is 0.967 bits per heavy atom. The fourth-order valence-electron chi connectivity index (χ4n) is 2.86. The molecule has 0 saturated carbocycles. The number of benzene rings is 3. The maximum absolute atomic E-state index is 13.1. The van der Waals surface area contributed by atoms with Crippen LogP contribution in [0.5, 0.6) is 5.75 Å². The van der Waals surface area contributed by atoms with Crippen LogP contribution in [0.1, 0.15) is 10.8 Å². The first-order valence-electron chi connectivity index (χ1n) is 9.28. The summed E-state index contributed by atoms with van der Waals surface area (Å²) in [7, 11) is 1.59. The number of carbonyl (C=O) groups is 1. The third-order valence-electron chi connectivity index (χ3n) is 4.32. The number of anilines is 1. The number of hydrogen-bond acceptors (Lipinski definition) is 6. The van der Waals surface area contributed by atoms with Crippen LogP contribution < -0.4 is 10.1 Å². The van der Waals surface area contributed by atoms with Crippen LogP contribution in [0.15, 0.2) is 94.6 Å². The SMILES string of the molecule is COc1cccc(NC(=O)[C@H](Sc2nnc(-c3ccccc3)o2)c2ccccc2)c1. The summed E-state index contributed by atoms with van der Waals surface area (Å²) in [6.45, 7) is 0. The van der Waals surface area contributed by atoms with Crippen LogP contribution in [0.4, 0.5) is 5.69 Å². The minimum absolute atomic E-state index is 0.195. The number of hydrogen-bond donors (Lipinski definition) is 1. The highest BCUT2D eigenvalue weighted by molar-refractivity contribution is 8.00. The zero-order chi connectivity index (χ0) is 20.8.